The third-order valence-corrected chi connectivity index (χ3v) is 4.11. The fraction of sp³-hybridized carbons (Fsp3) is 0.211. The van der Waals surface area contributed by atoms with E-state index in [2.05, 4.69) is 4.98 Å². The number of aromatic nitrogens is 2. The molecule has 0 saturated heterocycles. The number of aliphatic hydroxyl groups is 1. The molecule has 1 aliphatic rings. The number of fused-ring (bicyclic) bond motifs is 1. The van der Waals surface area contributed by atoms with Crippen LogP contribution in [0.3, 0.4) is 0 Å². The summed E-state index contributed by atoms with van der Waals surface area (Å²) < 4.78 is 11.5. The maximum absolute atomic E-state index is 12.4. The Hall–Kier alpha value is -3.39. The van der Waals surface area contributed by atoms with E-state index in [-0.39, 0.29) is 17.9 Å². The van der Waals surface area contributed by atoms with Gasteiger partial charge in [0.1, 0.15) is 5.70 Å². The molecule has 0 bridgehead atoms. The Labute approximate surface area is 155 Å². The molecule has 2 aromatic rings. The van der Waals surface area contributed by atoms with Crippen molar-refractivity contribution in [3.63, 3.8) is 0 Å². The van der Waals surface area contributed by atoms with Gasteiger partial charge < -0.3 is 24.0 Å². The lowest BCUT2D eigenvalue weighted by Gasteiger charge is -2.23. The Morgan fingerprint density at radius 1 is 1.15 bits per heavy atom. The molecule has 0 spiro atoms. The number of esters is 2. The predicted octanol–water partition coefficient (Wildman–Crippen LogP) is 1.52. The number of allylic oxidation sites excluding steroid dienone is 2. The highest BCUT2D eigenvalue weighted by Gasteiger charge is 2.27. The molecule has 1 aromatic carbocycles. The molecule has 1 N–H and O–H groups in total. The van der Waals surface area contributed by atoms with Gasteiger partial charge in [-0.15, -0.1) is 0 Å². The van der Waals surface area contributed by atoms with Crippen LogP contribution in [0.1, 0.15) is 0 Å². The Kier molecular flexibility index (Phi) is 5.37. The van der Waals surface area contributed by atoms with E-state index in [1.807, 2.05) is 10.6 Å². The van der Waals surface area contributed by atoms with Gasteiger partial charge in [0.05, 0.1) is 43.8 Å². The van der Waals surface area contributed by atoms with Crippen molar-refractivity contribution in [1.82, 2.24) is 9.55 Å². The number of nitrogens with zero attached hydrogens (tertiary/aromatic N) is 3. The van der Waals surface area contributed by atoms with Crippen LogP contribution < -0.4 is 4.90 Å². The number of hydrogen-bond donors (Lipinski definition) is 1. The molecule has 2 heterocycles. The number of carbonyl (C=O) groups is 2. The van der Waals surface area contributed by atoms with E-state index in [1.54, 1.807) is 41.7 Å². The second kappa shape index (κ2) is 7.88. The predicted molar refractivity (Wildman–Crippen MR) is 98.6 cm³/mol. The van der Waals surface area contributed by atoms with Crippen molar-refractivity contribution in [2.45, 2.75) is 6.54 Å². The minimum absolute atomic E-state index is 0.00542. The molecule has 140 valence electrons. The van der Waals surface area contributed by atoms with E-state index >= 15 is 0 Å². The molecule has 1 aromatic heterocycles. The number of carbonyl (C=O) groups excluding carboxylic acids is 2. The van der Waals surface area contributed by atoms with Crippen molar-refractivity contribution in [2.24, 2.45) is 0 Å². The van der Waals surface area contributed by atoms with E-state index in [0.29, 0.717) is 17.7 Å². The average molecular weight is 369 g/mol. The first kappa shape index (κ1) is 18.4. The van der Waals surface area contributed by atoms with Crippen molar-refractivity contribution < 1.29 is 24.2 Å². The molecular formula is C19H19N3O5. The first-order chi connectivity index (χ1) is 13.1. The van der Waals surface area contributed by atoms with Gasteiger partial charge in [-0.2, -0.15) is 0 Å². The summed E-state index contributed by atoms with van der Waals surface area (Å²) in [5, 5.41) is 9.14. The van der Waals surface area contributed by atoms with Gasteiger partial charge in [-0.05, 0) is 30.4 Å². The Morgan fingerprint density at radius 3 is 2.63 bits per heavy atom. The summed E-state index contributed by atoms with van der Waals surface area (Å²) in [6, 6.07) is 5.42. The highest BCUT2D eigenvalue weighted by molar-refractivity contribution is 6.05. The molecule has 0 atom stereocenters. The van der Waals surface area contributed by atoms with E-state index in [4.69, 9.17) is 14.6 Å². The molecule has 0 saturated carbocycles. The molecule has 8 heteroatoms. The second-order valence-electron chi connectivity index (χ2n) is 5.65. The van der Waals surface area contributed by atoms with Crippen LogP contribution in [0.25, 0.3) is 11.0 Å². The van der Waals surface area contributed by atoms with E-state index in [9.17, 15) is 9.59 Å². The van der Waals surface area contributed by atoms with Gasteiger partial charge in [0, 0.05) is 18.4 Å². The van der Waals surface area contributed by atoms with E-state index < -0.39 is 11.9 Å². The number of benzene rings is 1. The molecule has 0 radical (unpaired) electrons. The lowest BCUT2D eigenvalue weighted by atomic mass is 10.1. The molecule has 0 unspecified atom stereocenters. The summed E-state index contributed by atoms with van der Waals surface area (Å²) in [6.07, 6.45) is 8.15. The van der Waals surface area contributed by atoms with Gasteiger partial charge in [-0.25, -0.2) is 14.6 Å². The van der Waals surface area contributed by atoms with Gasteiger partial charge in [-0.3, -0.25) is 0 Å². The third kappa shape index (κ3) is 3.47. The lowest BCUT2D eigenvalue weighted by molar-refractivity contribution is -0.139. The first-order valence-electron chi connectivity index (χ1n) is 8.21. The van der Waals surface area contributed by atoms with Gasteiger partial charge in [0.25, 0.3) is 0 Å². The van der Waals surface area contributed by atoms with Crippen molar-refractivity contribution in [3.8, 4) is 0 Å². The van der Waals surface area contributed by atoms with Crippen LogP contribution in [0.5, 0.6) is 0 Å². The second-order valence-corrected chi connectivity index (χ2v) is 5.65. The van der Waals surface area contributed by atoms with Crippen LogP contribution in [-0.4, -0.2) is 47.4 Å². The van der Waals surface area contributed by atoms with Gasteiger partial charge in [0.15, 0.2) is 0 Å². The highest BCUT2D eigenvalue weighted by Crippen LogP contribution is 2.28. The van der Waals surface area contributed by atoms with Gasteiger partial charge >= 0.3 is 11.9 Å². The highest BCUT2D eigenvalue weighted by atomic mass is 16.5. The fourth-order valence-electron chi connectivity index (χ4n) is 2.85. The zero-order chi connectivity index (χ0) is 19.4. The van der Waals surface area contributed by atoms with Crippen LogP contribution in [-0.2, 0) is 25.6 Å². The SMILES string of the molecule is COC(=O)C1=C(C(=O)OC)N(c2ccc3c(c2)ncn3CCO)C=CC=C1. The smallest absolute Gasteiger partial charge is 0.355 e. The Balaban J connectivity index is 2.13. The number of aliphatic hydroxyl groups excluding tert-OH is 1. The van der Waals surface area contributed by atoms with Crippen LogP contribution in [0.15, 0.2) is 60.2 Å². The molecule has 27 heavy (non-hydrogen) atoms. The maximum Gasteiger partial charge on any atom is 0.355 e. The third-order valence-electron chi connectivity index (χ3n) is 4.11. The summed E-state index contributed by atoms with van der Waals surface area (Å²) >= 11 is 0. The fourth-order valence-corrected chi connectivity index (χ4v) is 2.85. The summed E-state index contributed by atoms with van der Waals surface area (Å²) in [5.74, 6) is -1.31. The number of methoxy groups -OCH3 is 2. The number of anilines is 1. The normalized spacial score (nSPS) is 13.8. The molecule has 0 fully saturated rings. The summed E-state index contributed by atoms with van der Waals surface area (Å²) in [5.41, 5.74) is 2.29. The number of rotatable bonds is 5. The zero-order valence-electron chi connectivity index (χ0n) is 15.0. The number of hydrogen-bond acceptors (Lipinski definition) is 7. The van der Waals surface area contributed by atoms with Crippen LogP contribution in [0, 0.1) is 0 Å². The Bertz CT molecular complexity index is 971. The quantitative estimate of drug-likeness (QED) is 0.799. The standard InChI is InChI=1S/C19H19N3O5/c1-26-18(24)14-5-3-4-8-22(17(14)19(25)27-2)13-6-7-16-15(11-13)20-12-21(16)9-10-23/h3-8,11-12,23H,9-10H2,1-2H3. The van der Waals surface area contributed by atoms with Crippen LogP contribution >= 0.6 is 0 Å². The van der Waals surface area contributed by atoms with Gasteiger partial charge in [-0.1, -0.05) is 6.08 Å². The number of ether oxygens (including phenoxy) is 2. The average Bonchev–Trinajstić information content (AvgIpc) is 2.95. The molecule has 0 aliphatic carbocycles. The van der Waals surface area contributed by atoms with Crippen molar-refractivity contribution >= 4 is 28.7 Å². The van der Waals surface area contributed by atoms with Crippen LogP contribution in [0.2, 0.25) is 0 Å². The maximum atomic E-state index is 12.4. The topological polar surface area (TPSA) is 93.9 Å². The molecule has 0 amide bonds. The summed E-state index contributed by atoms with van der Waals surface area (Å²) in [4.78, 5) is 30.5. The molecule has 1 aliphatic heterocycles. The first-order valence-corrected chi connectivity index (χ1v) is 8.21. The Morgan fingerprint density at radius 2 is 1.93 bits per heavy atom. The number of imidazole rings is 1. The lowest BCUT2D eigenvalue weighted by Crippen LogP contribution is -2.26. The van der Waals surface area contributed by atoms with Crippen molar-refractivity contribution in [3.05, 3.63) is 60.2 Å². The molecule has 3 rings (SSSR count). The van der Waals surface area contributed by atoms with Crippen molar-refractivity contribution in [1.29, 1.82) is 0 Å². The van der Waals surface area contributed by atoms with Crippen LogP contribution in [0.4, 0.5) is 5.69 Å². The summed E-state index contributed by atoms with van der Waals surface area (Å²) in [7, 11) is 2.50. The zero-order valence-corrected chi connectivity index (χ0v) is 15.0. The van der Waals surface area contributed by atoms with Gasteiger partial charge in [0.2, 0.25) is 0 Å². The molecular weight excluding hydrogens is 350 g/mol. The monoisotopic (exact) mass is 369 g/mol. The molecule has 8 nitrogen and oxygen atoms in total. The van der Waals surface area contributed by atoms with E-state index in [0.717, 1.165) is 5.52 Å². The minimum Gasteiger partial charge on any atom is -0.465 e. The largest absolute Gasteiger partial charge is 0.465 e. The van der Waals surface area contributed by atoms with E-state index in [1.165, 1.54) is 20.3 Å². The minimum atomic E-state index is -0.669. The van der Waals surface area contributed by atoms with Crippen molar-refractivity contribution in [2.75, 3.05) is 25.7 Å². The summed E-state index contributed by atoms with van der Waals surface area (Å²) in [6.45, 7) is 0.439.